The first-order chi connectivity index (χ1) is 6.74. The molecule has 0 radical (unpaired) electrons. The monoisotopic (exact) mass is 194 g/mol. The van der Waals surface area contributed by atoms with E-state index in [1.54, 1.807) is 7.11 Å². The molecule has 0 saturated carbocycles. The van der Waals surface area contributed by atoms with Crippen LogP contribution in [0.25, 0.3) is 0 Å². The maximum absolute atomic E-state index is 10.7. The van der Waals surface area contributed by atoms with Crippen molar-refractivity contribution in [1.29, 1.82) is 0 Å². The molecule has 0 heterocycles. The Morgan fingerprint density at radius 2 is 2.07 bits per heavy atom. The number of aldehydes is 1. The molecule has 1 unspecified atom stereocenters. The summed E-state index contributed by atoms with van der Waals surface area (Å²) in [6.07, 6.45) is 0.210. The van der Waals surface area contributed by atoms with Crippen molar-refractivity contribution in [3.05, 3.63) is 29.3 Å². The van der Waals surface area contributed by atoms with E-state index in [9.17, 15) is 4.79 Å². The van der Waals surface area contributed by atoms with Gasteiger partial charge in [0.15, 0.2) is 6.29 Å². The smallest absolute Gasteiger partial charge is 0.153 e. The fourth-order valence-corrected chi connectivity index (χ4v) is 1.43. The Hall–Kier alpha value is -1.35. The standard InChI is InChI=1S/C11H14O3/c1-8-5-4-6-9(11(8)14-3)10(7-12)13-2/h4-7,10H,1-3H3. The maximum atomic E-state index is 10.7. The van der Waals surface area contributed by atoms with E-state index in [0.29, 0.717) is 5.75 Å². The highest BCUT2D eigenvalue weighted by Gasteiger charge is 2.15. The molecule has 0 N–H and O–H groups in total. The predicted molar refractivity (Wildman–Crippen MR) is 53.5 cm³/mol. The minimum absolute atomic E-state index is 0.551. The summed E-state index contributed by atoms with van der Waals surface area (Å²) in [7, 11) is 3.09. The third-order valence-electron chi connectivity index (χ3n) is 2.13. The first-order valence-corrected chi connectivity index (χ1v) is 4.36. The highest BCUT2D eigenvalue weighted by atomic mass is 16.5. The average molecular weight is 194 g/mol. The third kappa shape index (κ3) is 1.93. The lowest BCUT2D eigenvalue weighted by atomic mass is 10.1. The molecular weight excluding hydrogens is 180 g/mol. The second-order valence-electron chi connectivity index (χ2n) is 2.99. The van der Waals surface area contributed by atoms with E-state index in [-0.39, 0.29) is 0 Å². The van der Waals surface area contributed by atoms with Crippen molar-refractivity contribution < 1.29 is 14.3 Å². The molecule has 0 saturated heterocycles. The van der Waals surface area contributed by atoms with Crippen LogP contribution in [-0.4, -0.2) is 20.5 Å². The van der Waals surface area contributed by atoms with Crippen molar-refractivity contribution in [2.24, 2.45) is 0 Å². The number of hydrogen-bond acceptors (Lipinski definition) is 3. The van der Waals surface area contributed by atoms with Gasteiger partial charge in [0.2, 0.25) is 0 Å². The lowest BCUT2D eigenvalue weighted by molar-refractivity contribution is -0.116. The van der Waals surface area contributed by atoms with Crippen LogP contribution in [0.15, 0.2) is 18.2 Å². The van der Waals surface area contributed by atoms with E-state index in [1.807, 2.05) is 25.1 Å². The first-order valence-electron chi connectivity index (χ1n) is 4.36. The molecule has 3 heteroatoms. The topological polar surface area (TPSA) is 35.5 Å². The lowest BCUT2D eigenvalue weighted by Crippen LogP contribution is -2.05. The summed E-state index contributed by atoms with van der Waals surface area (Å²) in [4.78, 5) is 10.7. The highest BCUT2D eigenvalue weighted by molar-refractivity contribution is 5.63. The number of ether oxygens (including phenoxy) is 2. The van der Waals surface area contributed by atoms with Gasteiger partial charge in [0, 0.05) is 12.7 Å². The van der Waals surface area contributed by atoms with Gasteiger partial charge in [0.25, 0.3) is 0 Å². The summed E-state index contributed by atoms with van der Waals surface area (Å²) in [5.41, 5.74) is 1.76. The molecule has 0 bridgehead atoms. The van der Waals surface area contributed by atoms with Crippen LogP contribution in [0, 0.1) is 6.92 Å². The third-order valence-corrected chi connectivity index (χ3v) is 2.13. The van der Waals surface area contributed by atoms with Crippen LogP contribution in [0.1, 0.15) is 17.2 Å². The van der Waals surface area contributed by atoms with Gasteiger partial charge in [-0.1, -0.05) is 18.2 Å². The van der Waals surface area contributed by atoms with E-state index in [1.165, 1.54) is 7.11 Å². The number of methoxy groups -OCH3 is 2. The molecule has 0 aliphatic carbocycles. The van der Waals surface area contributed by atoms with Crippen LogP contribution in [-0.2, 0) is 9.53 Å². The molecule has 76 valence electrons. The van der Waals surface area contributed by atoms with Crippen LogP contribution in [0.2, 0.25) is 0 Å². The van der Waals surface area contributed by atoms with Gasteiger partial charge in [-0.05, 0) is 12.5 Å². The van der Waals surface area contributed by atoms with Crippen molar-refractivity contribution in [2.75, 3.05) is 14.2 Å². The summed E-state index contributed by atoms with van der Waals surface area (Å²) >= 11 is 0. The Bertz CT molecular complexity index is 320. The number of carbonyl (C=O) groups excluding carboxylic acids is 1. The summed E-state index contributed by atoms with van der Waals surface area (Å²) < 4.78 is 10.3. The van der Waals surface area contributed by atoms with Crippen molar-refractivity contribution in [3.8, 4) is 5.75 Å². The van der Waals surface area contributed by atoms with Crippen LogP contribution >= 0.6 is 0 Å². The summed E-state index contributed by atoms with van der Waals surface area (Å²) in [6, 6.07) is 5.64. The Kier molecular flexibility index (Phi) is 3.65. The average Bonchev–Trinajstić information content (AvgIpc) is 2.20. The quantitative estimate of drug-likeness (QED) is 0.686. The van der Waals surface area contributed by atoms with E-state index < -0.39 is 6.10 Å². The number of benzene rings is 1. The van der Waals surface area contributed by atoms with Gasteiger partial charge in [-0.15, -0.1) is 0 Å². The molecular formula is C11H14O3. The van der Waals surface area contributed by atoms with Gasteiger partial charge in [-0.25, -0.2) is 0 Å². The minimum Gasteiger partial charge on any atom is -0.496 e. The molecule has 1 aromatic carbocycles. The Labute approximate surface area is 83.6 Å². The zero-order valence-corrected chi connectivity index (χ0v) is 8.61. The van der Waals surface area contributed by atoms with Crippen molar-refractivity contribution in [3.63, 3.8) is 0 Å². The van der Waals surface area contributed by atoms with Crippen LogP contribution in [0.3, 0.4) is 0 Å². The number of carbonyl (C=O) groups is 1. The fourth-order valence-electron chi connectivity index (χ4n) is 1.43. The van der Waals surface area contributed by atoms with Gasteiger partial charge >= 0.3 is 0 Å². The van der Waals surface area contributed by atoms with Crippen molar-refractivity contribution in [1.82, 2.24) is 0 Å². The maximum Gasteiger partial charge on any atom is 0.153 e. The molecule has 0 fully saturated rings. The molecule has 0 amide bonds. The molecule has 0 spiro atoms. The Balaban J connectivity index is 3.18. The predicted octanol–water partition coefficient (Wildman–Crippen LogP) is 1.89. The number of para-hydroxylation sites is 1. The normalized spacial score (nSPS) is 12.2. The van der Waals surface area contributed by atoms with Gasteiger partial charge in [0.1, 0.15) is 11.9 Å². The fraction of sp³-hybridized carbons (Fsp3) is 0.364. The number of aryl methyl sites for hydroxylation is 1. The molecule has 14 heavy (non-hydrogen) atoms. The van der Waals surface area contributed by atoms with Gasteiger partial charge in [0.05, 0.1) is 7.11 Å². The second-order valence-corrected chi connectivity index (χ2v) is 2.99. The Morgan fingerprint density at radius 1 is 1.36 bits per heavy atom. The van der Waals surface area contributed by atoms with Crippen LogP contribution in [0.5, 0.6) is 5.75 Å². The largest absolute Gasteiger partial charge is 0.496 e. The molecule has 1 rings (SSSR count). The van der Waals surface area contributed by atoms with Gasteiger partial charge in [-0.2, -0.15) is 0 Å². The van der Waals surface area contributed by atoms with E-state index in [4.69, 9.17) is 9.47 Å². The van der Waals surface area contributed by atoms with Crippen molar-refractivity contribution >= 4 is 6.29 Å². The summed E-state index contributed by atoms with van der Waals surface area (Å²) in [5.74, 6) is 0.714. The minimum atomic E-state index is -0.551. The van der Waals surface area contributed by atoms with Gasteiger partial charge in [-0.3, -0.25) is 0 Å². The van der Waals surface area contributed by atoms with Crippen LogP contribution < -0.4 is 4.74 Å². The molecule has 0 aliphatic heterocycles. The van der Waals surface area contributed by atoms with E-state index in [2.05, 4.69) is 0 Å². The van der Waals surface area contributed by atoms with E-state index >= 15 is 0 Å². The van der Waals surface area contributed by atoms with E-state index in [0.717, 1.165) is 17.4 Å². The molecule has 0 aromatic heterocycles. The Morgan fingerprint density at radius 3 is 2.57 bits per heavy atom. The zero-order valence-electron chi connectivity index (χ0n) is 8.61. The molecule has 1 atom stereocenters. The number of rotatable bonds is 4. The summed E-state index contributed by atoms with van der Waals surface area (Å²) in [6.45, 7) is 1.93. The van der Waals surface area contributed by atoms with Crippen LogP contribution in [0.4, 0.5) is 0 Å². The summed E-state index contributed by atoms with van der Waals surface area (Å²) in [5, 5.41) is 0. The second kappa shape index (κ2) is 4.77. The molecule has 3 nitrogen and oxygen atoms in total. The van der Waals surface area contributed by atoms with Crippen molar-refractivity contribution in [2.45, 2.75) is 13.0 Å². The lowest BCUT2D eigenvalue weighted by Gasteiger charge is -2.14. The number of hydrogen-bond donors (Lipinski definition) is 0. The molecule has 1 aromatic rings. The highest BCUT2D eigenvalue weighted by Crippen LogP contribution is 2.28. The molecule has 0 aliphatic rings. The van der Waals surface area contributed by atoms with Gasteiger partial charge < -0.3 is 14.3 Å². The first kappa shape index (κ1) is 10.7. The zero-order chi connectivity index (χ0) is 10.6. The SMILES string of the molecule is COc1c(C)cccc1C(C=O)OC.